The first-order valence-electron chi connectivity index (χ1n) is 3.85. The molecule has 0 saturated carbocycles. The highest BCUT2D eigenvalue weighted by Gasteiger charge is 2.10. The molecule has 1 aromatic carbocycles. The summed E-state index contributed by atoms with van der Waals surface area (Å²) < 4.78 is 0. The number of carbonyl (C=O) groups excluding carboxylic acids is 1. The van der Waals surface area contributed by atoms with Crippen LogP contribution in [0.2, 0.25) is 0 Å². The van der Waals surface area contributed by atoms with E-state index in [1.54, 1.807) is 30.3 Å². The van der Waals surface area contributed by atoms with E-state index in [0.29, 0.717) is 10.5 Å². The molecule has 0 aromatic heterocycles. The van der Waals surface area contributed by atoms with Crippen molar-refractivity contribution < 1.29 is 4.79 Å². The summed E-state index contributed by atoms with van der Waals surface area (Å²) in [4.78, 5) is 11.1. The Morgan fingerprint density at radius 1 is 1.36 bits per heavy atom. The molecule has 0 saturated heterocycles. The number of carbonyl (C=O) groups is 1. The molecule has 0 bridgehead atoms. The Kier molecular flexibility index (Phi) is 3.32. The second-order valence-electron chi connectivity index (χ2n) is 2.57. The molecule has 70 valence electrons. The molecular weight excluding hydrogens is 196 g/mol. The van der Waals surface area contributed by atoms with E-state index in [2.05, 4.69) is 12.6 Å². The van der Waals surface area contributed by atoms with Crippen molar-refractivity contribution in [3.05, 3.63) is 41.5 Å². The summed E-state index contributed by atoms with van der Waals surface area (Å²) in [6.45, 7) is 0. The van der Waals surface area contributed by atoms with Crippen LogP contribution in [-0.4, -0.2) is 5.91 Å². The lowest BCUT2D eigenvalue weighted by atomic mass is 10.1. The van der Waals surface area contributed by atoms with Crippen molar-refractivity contribution >= 4 is 23.4 Å². The highest BCUT2D eigenvalue weighted by Crippen LogP contribution is 2.21. The summed E-state index contributed by atoms with van der Waals surface area (Å²) in [6.07, 6.45) is 0. The normalized spacial score (nSPS) is 11.4. The number of hydrogen-bond donors (Lipinski definition) is 2. The fraction of sp³-hybridized carbons (Fsp3) is 0. The molecule has 2 N–H and O–H groups in total. The van der Waals surface area contributed by atoms with Gasteiger partial charge >= 0.3 is 0 Å². The van der Waals surface area contributed by atoms with Gasteiger partial charge in [-0.05, 0) is 5.56 Å². The molecule has 0 spiro atoms. The summed E-state index contributed by atoms with van der Waals surface area (Å²) >= 11 is 4.09. The summed E-state index contributed by atoms with van der Waals surface area (Å²) in [7, 11) is 0. The first kappa shape index (κ1) is 10.4. The molecule has 3 nitrogen and oxygen atoms in total. The number of benzene rings is 1. The van der Waals surface area contributed by atoms with Crippen molar-refractivity contribution in [2.75, 3.05) is 0 Å². The average molecular weight is 204 g/mol. The number of amides is 1. The van der Waals surface area contributed by atoms with Crippen LogP contribution in [0.4, 0.5) is 0 Å². The Balaban J connectivity index is 3.23. The lowest BCUT2D eigenvalue weighted by Gasteiger charge is -2.01. The topological polar surface area (TPSA) is 66.9 Å². The molecule has 4 heteroatoms. The number of nitrogens with zero attached hydrogens (tertiary/aromatic N) is 1. The maximum Gasteiger partial charge on any atom is 0.260 e. The third kappa shape index (κ3) is 2.15. The largest absolute Gasteiger partial charge is 0.365 e. The van der Waals surface area contributed by atoms with Gasteiger partial charge in [-0.15, -0.1) is 12.6 Å². The zero-order valence-corrected chi connectivity index (χ0v) is 8.16. The van der Waals surface area contributed by atoms with Crippen molar-refractivity contribution in [2.45, 2.75) is 0 Å². The highest BCUT2D eigenvalue weighted by molar-refractivity contribution is 7.90. The number of primary amides is 1. The van der Waals surface area contributed by atoms with Crippen molar-refractivity contribution in [2.24, 2.45) is 5.73 Å². The summed E-state index contributed by atoms with van der Waals surface area (Å²) in [5.41, 5.74) is 5.59. The lowest BCUT2D eigenvalue weighted by Crippen LogP contribution is -2.13. The molecule has 0 atom stereocenters. The quantitative estimate of drug-likeness (QED) is 0.433. The molecule has 0 aliphatic rings. The Hall–Kier alpha value is -1.73. The molecule has 1 rings (SSSR count). The van der Waals surface area contributed by atoms with E-state index in [-0.39, 0.29) is 5.57 Å². The van der Waals surface area contributed by atoms with E-state index in [1.807, 2.05) is 6.07 Å². The summed E-state index contributed by atoms with van der Waals surface area (Å²) in [5.74, 6) is -0.763. The molecule has 14 heavy (non-hydrogen) atoms. The van der Waals surface area contributed by atoms with Crippen LogP contribution in [0.25, 0.3) is 4.91 Å². The number of rotatable bonds is 2. The molecule has 1 amide bonds. The third-order valence-corrected chi connectivity index (χ3v) is 2.12. The maximum absolute atomic E-state index is 10.8. The monoisotopic (exact) mass is 204 g/mol. The number of hydrogen-bond acceptors (Lipinski definition) is 3. The Labute approximate surface area is 87.3 Å². The second-order valence-corrected chi connectivity index (χ2v) is 3.01. The lowest BCUT2D eigenvalue weighted by molar-refractivity contribution is -0.114. The van der Waals surface area contributed by atoms with E-state index in [4.69, 9.17) is 11.0 Å². The molecule has 0 aliphatic heterocycles. The van der Waals surface area contributed by atoms with Gasteiger partial charge in [-0.3, -0.25) is 4.79 Å². The van der Waals surface area contributed by atoms with Gasteiger partial charge in [0.25, 0.3) is 5.91 Å². The van der Waals surface area contributed by atoms with Crippen LogP contribution >= 0.6 is 12.6 Å². The van der Waals surface area contributed by atoms with Gasteiger partial charge in [0.1, 0.15) is 11.6 Å². The van der Waals surface area contributed by atoms with Crippen LogP contribution in [-0.2, 0) is 4.79 Å². The van der Waals surface area contributed by atoms with E-state index >= 15 is 0 Å². The van der Waals surface area contributed by atoms with Crippen LogP contribution in [0, 0.1) is 11.3 Å². The maximum atomic E-state index is 10.8. The molecule has 1 aromatic rings. The molecular formula is C10H8N2OS. The van der Waals surface area contributed by atoms with Crippen molar-refractivity contribution in [3.8, 4) is 6.07 Å². The molecule has 0 heterocycles. The second kappa shape index (κ2) is 4.49. The summed E-state index contributed by atoms with van der Waals surface area (Å²) in [5, 5.41) is 8.67. The summed E-state index contributed by atoms with van der Waals surface area (Å²) in [6, 6.07) is 10.7. The highest BCUT2D eigenvalue weighted by atomic mass is 32.1. The van der Waals surface area contributed by atoms with E-state index < -0.39 is 5.91 Å². The zero-order valence-electron chi connectivity index (χ0n) is 7.27. The van der Waals surface area contributed by atoms with Crippen LogP contribution in [0.1, 0.15) is 5.56 Å². The first-order valence-corrected chi connectivity index (χ1v) is 4.30. The predicted octanol–water partition coefficient (Wildman–Crippen LogP) is 1.34. The predicted molar refractivity (Wildman–Crippen MR) is 57.2 cm³/mol. The molecule has 0 unspecified atom stereocenters. The van der Waals surface area contributed by atoms with Crippen molar-refractivity contribution in [3.63, 3.8) is 0 Å². The van der Waals surface area contributed by atoms with Crippen LogP contribution in [0.15, 0.2) is 35.9 Å². The van der Waals surface area contributed by atoms with Gasteiger partial charge < -0.3 is 5.73 Å². The Morgan fingerprint density at radius 3 is 2.36 bits per heavy atom. The molecule has 0 radical (unpaired) electrons. The standard InChI is InChI=1S/C10H8N2OS/c11-6-8(10(12)13)9(14)7-4-2-1-3-5-7/h1-5,14H,(H2,12,13)/b9-8+. The Bertz CT molecular complexity index is 417. The minimum Gasteiger partial charge on any atom is -0.365 e. The van der Waals surface area contributed by atoms with Gasteiger partial charge in [-0.2, -0.15) is 5.26 Å². The van der Waals surface area contributed by atoms with Gasteiger partial charge in [-0.1, -0.05) is 30.3 Å². The van der Waals surface area contributed by atoms with Crippen LogP contribution < -0.4 is 5.73 Å². The third-order valence-electron chi connectivity index (χ3n) is 1.64. The van der Waals surface area contributed by atoms with Crippen molar-refractivity contribution in [1.82, 2.24) is 0 Å². The molecule has 0 aliphatic carbocycles. The van der Waals surface area contributed by atoms with E-state index in [1.165, 1.54) is 0 Å². The SMILES string of the molecule is N#C/C(C(N)=O)=C(\S)c1ccccc1. The number of nitriles is 1. The minimum absolute atomic E-state index is 0.125. The van der Waals surface area contributed by atoms with Crippen molar-refractivity contribution in [1.29, 1.82) is 5.26 Å². The van der Waals surface area contributed by atoms with Gasteiger partial charge in [0.2, 0.25) is 0 Å². The smallest absolute Gasteiger partial charge is 0.260 e. The number of nitrogens with two attached hydrogens (primary N) is 1. The van der Waals surface area contributed by atoms with Gasteiger partial charge in [0.05, 0.1) is 0 Å². The fourth-order valence-corrected chi connectivity index (χ4v) is 1.27. The van der Waals surface area contributed by atoms with E-state index in [0.717, 1.165) is 0 Å². The van der Waals surface area contributed by atoms with E-state index in [9.17, 15) is 4.79 Å². The van der Waals surface area contributed by atoms with Gasteiger partial charge in [-0.25, -0.2) is 0 Å². The average Bonchev–Trinajstić information content (AvgIpc) is 2.19. The first-order chi connectivity index (χ1) is 6.66. The van der Waals surface area contributed by atoms with Crippen LogP contribution in [0.5, 0.6) is 0 Å². The van der Waals surface area contributed by atoms with Crippen LogP contribution in [0.3, 0.4) is 0 Å². The van der Waals surface area contributed by atoms with Gasteiger partial charge in [0.15, 0.2) is 0 Å². The Morgan fingerprint density at radius 2 is 1.93 bits per heavy atom. The molecule has 0 fully saturated rings. The van der Waals surface area contributed by atoms with Gasteiger partial charge in [0, 0.05) is 4.91 Å². The fourth-order valence-electron chi connectivity index (χ4n) is 0.965. The zero-order chi connectivity index (χ0) is 10.6. The number of thiol groups is 1. The minimum atomic E-state index is -0.763.